The van der Waals surface area contributed by atoms with E-state index in [2.05, 4.69) is 0 Å². The second kappa shape index (κ2) is 6.69. The molecule has 0 aliphatic heterocycles. The molecule has 10 atom stereocenters. The number of carbonyl (C=O) groups excluding carboxylic acids is 1. The fourth-order valence-electron chi connectivity index (χ4n) is 8.26. The van der Waals surface area contributed by atoms with Crippen molar-refractivity contribution in [3.05, 3.63) is 0 Å². The van der Waals surface area contributed by atoms with Gasteiger partial charge >= 0.3 is 5.97 Å². The first-order valence-corrected chi connectivity index (χ1v) is 12.1. The van der Waals surface area contributed by atoms with Crippen LogP contribution in [-0.4, -0.2) is 66.6 Å². The van der Waals surface area contributed by atoms with Crippen LogP contribution in [0.25, 0.3) is 0 Å². The van der Waals surface area contributed by atoms with Gasteiger partial charge in [-0.25, -0.2) is 0 Å². The first kappa shape index (κ1) is 24.4. The molecule has 2 bridgehead atoms. The van der Waals surface area contributed by atoms with Crippen LogP contribution >= 0.6 is 0 Å². The highest BCUT2D eigenvalue weighted by atomic mass is 16.5. The molecule has 0 aromatic carbocycles. The molecular weight excluding hydrogens is 412 g/mol. The van der Waals surface area contributed by atoms with E-state index in [0.717, 1.165) is 0 Å². The van der Waals surface area contributed by atoms with Gasteiger partial charge in [-0.1, -0.05) is 13.8 Å². The molecule has 0 amide bonds. The fraction of sp³-hybridized carbons (Fsp3) is 0.960. The monoisotopic (exact) mass is 454 g/mol. The normalized spacial score (nSPS) is 54.5. The number of aliphatic hydroxyl groups excluding tert-OH is 2. The SMILES string of the molecule is CC(C)(C)C(=O)OC1[C@@H]2CC[C@@H]3C1(C[C@@H](O)[C@@]1(O)[C@@H](C[C@H](O)C1(C)C)[C@]3(C)O)C[C@@]2(C)O. The predicted octanol–water partition coefficient (Wildman–Crippen LogP) is 1.77. The maximum atomic E-state index is 13.0. The summed E-state index contributed by atoms with van der Waals surface area (Å²) in [6.45, 7) is 12.2. The molecule has 184 valence electrons. The van der Waals surface area contributed by atoms with E-state index in [4.69, 9.17) is 4.74 Å². The highest BCUT2D eigenvalue weighted by Crippen LogP contribution is 2.70. The van der Waals surface area contributed by atoms with E-state index in [9.17, 15) is 30.3 Å². The molecular formula is C25H42O7. The topological polar surface area (TPSA) is 127 Å². The lowest BCUT2D eigenvalue weighted by atomic mass is 9.57. The third-order valence-corrected chi connectivity index (χ3v) is 10.1. The molecule has 2 unspecified atom stereocenters. The Kier molecular flexibility index (Phi) is 5.10. The van der Waals surface area contributed by atoms with Crippen LogP contribution in [0, 0.1) is 34.0 Å². The Morgan fingerprint density at radius 1 is 0.938 bits per heavy atom. The summed E-state index contributed by atoms with van der Waals surface area (Å²) in [5, 5.41) is 57.7. The average molecular weight is 455 g/mol. The Morgan fingerprint density at radius 2 is 1.53 bits per heavy atom. The van der Waals surface area contributed by atoms with Crippen LogP contribution in [0.4, 0.5) is 0 Å². The summed E-state index contributed by atoms with van der Waals surface area (Å²) in [4.78, 5) is 13.0. The van der Waals surface area contributed by atoms with E-state index in [-0.39, 0.29) is 31.1 Å². The van der Waals surface area contributed by atoms with E-state index < -0.39 is 63.2 Å². The van der Waals surface area contributed by atoms with Crippen LogP contribution in [0.15, 0.2) is 0 Å². The average Bonchev–Trinajstić information content (AvgIpc) is 2.86. The third kappa shape index (κ3) is 2.87. The smallest absolute Gasteiger partial charge is 0.311 e. The molecule has 4 aliphatic carbocycles. The fourth-order valence-corrected chi connectivity index (χ4v) is 8.26. The molecule has 0 saturated heterocycles. The van der Waals surface area contributed by atoms with Crippen LogP contribution in [0.5, 0.6) is 0 Å². The zero-order valence-electron chi connectivity index (χ0n) is 20.6. The molecule has 4 aliphatic rings. The zero-order valence-corrected chi connectivity index (χ0v) is 20.6. The van der Waals surface area contributed by atoms with Crippen molar-refractivity contribution in [3.63, 3.8) is 0 Å². The van der Waals surface area contributed by atoms with Crippen molar-refractivity contribution in [2.24, 2.45) is 34.0 Å². The number of rotatable bonds is 1. The van der Waals surface area contributed by atoms with Gasteiger partial charge in [0.25, 0.3) is 0 Å². The molecule has 4 fully saturated rings. The Balaban J connectivity index is 1.87. The second-order valence-electron chi connectivity index (χ2n) is 13.4. The van der Waals surface area contributed by atoms with Gasteiger partial charge in [0.15, 0.2) is 0 Å². The molecule has 4 saturated carbocycles. The highest BCUT2D eigenvalue weighted by molar-refractivity contribution is 5.75. The van der Waals surface area contributed by atoms with Crippen molar-refractivity contribution in [2.45, 2.75) is 116 Å². The lowest BCUT2D eigenvalue weighted by molar-refractivity contribution is -0.203. The molecule has 1 spiro atoms. The maximum Gasteiger partial charge on any atom is 0.311 e. The second-order valence-corrected chi connectivity index (χ2v) is 13.4. The zero-order chi connectivity index (χ0) is 24.3. The van der Waals surface area contributed by atoms with Gasteiger partial charge in [-0.05, 0) is 72.6 Å². The van der Waals surface area contributed by atoms with Crippen molar-refractivity contribution in [1.29, 1.82) is 0 Å². The molecule has 7 heteroatoms. The minimum Gasteiger partial charge on any atom is -0.461 e. The lowest BCUT2D eigenvalue weighted by Crippen LogP contribution is -2.60. The quantitative estimate of drug-likeness (QED) is 0.382. The lowest BCUT2D eigenvalue weighted by Gasteiger charge is -2.52. The number of carbonyl (C=O) groups is 1. The first-order chi connectivity index (χ1) is 14.3. The van der Waals surface area contributed by atoms with Crippen molar-refractivity contribution in [2.75, 3.05) is 0 Å². The maximum absolute atomic E-state index is 13.0. The standard InChI is InChI=1S/C25H42O7/c1-20(2,3)19(28)32-18-13-8-9-14-23(7,30)15-10-16(26)21(4,5)25(15,31)17(27)11-24(14,18)12-22(13,6)29/h13-18,26-27,29-31H,8-12H2,1-7H3/t13-,14-,15-,16-,17+,18?,22+,23+,24?,25-/m0/s1. The molecule has 0 aromatic heterocycles. The van der Waals surface area contributed by atoms with Crippen molar-refractivity contribution in [3.8, 4) is 0 Å². The number of esters is 1. The van der Waals surface area contributed by atoms with Crippen LogP contribution in [0.2, 0.25) is 0 Å². The van der Waals surface area contributed by atoms with Gasteiger partial charge in [-0.2, -0.15) is 0 Å². The number of hydrogen-bond acceptors (Lipinski definition) is 7. The van der Waals surface area contributed by atoms with Gasteiger partial charge in [-0.15, -0.1) is 0 Å². The molecule has 7 nitrogen and oxygen atoms in total. The van der Waals surface area contributed by atoms with Crippen LogP contribution in [0.1, 0.15) is 80.6 Å². The van der Waals surface area contributed by atoms with Crippen molar-refractivity contribution in [1.82, 2.24) is 0 Å². The van der Waals surface area contributed by atoms with E-state index in [1.807, 2.05) is 0 Å². The molecule has 32 heavy (non-hydrogen) atoms. The summed E-state index contributed by atoms with van der Waals surface area (Å²) in [6, 6.07) is 0. The summed E-state index contributed by atoms with van der Waals surface area (Å²) in [7, 11) is 0. The summed E-state index contributed by atoms with van der Waals surface area (Å²) in [5.74, 6) is -1.84. The van der Waals surface area contributed by atoms with E-state index >= 15 is 0 Å². The van der Waals surface area contributed by atoms with Gasteiger partial charge in [0, 0.05) is 22.7 Å². The van der Waals surface area contributed by atoms with Crippen molar-refractivity contribution < 1.29 is 35.1 Å². The summed E-state index contributed by atoms with van der Waals surface area (Å²) in [5.41, 5.74) is -6.92. The third-order valence-electron chi connectivity index (χ3n) is 10.1. The molecule has 0 radical (unpaired) electrons. The van der Waals surface area contributed by atoms with E-state index in [0.29, 0.717) is 12.8 Å². The summed E-state index contributed by atoms with van der Waals surface area (Å²) in [6.07, 6.45) is -1.09. The minimum absolute atomic E-state index is 0.0890. The molecule has 0 heterocycles. The minimum atomic E-state index is -1.72. The first-order valence-electron chi connectivity index (χ1n) is 12.1. The van der Waals surface area contributed by atoms with Gasteiger partial charge in [0.05, 0.1) is 28.8 Å². The Labute approximate surface area is 191 Å². The Hall–Kier alpha value is -0.730. The molecule has 0 aromatic rings. The number of fused-ring (bicyclic) bond motifs is 2. The summed E-state index contributed by atoms with van der Waals surface area (Å²) < 4.78 is 6.11. The van der Waals surface area contributed by atoms with Crippen LogP contribution in [0.3, 0.4) is 0 Å². The predicted molar refractivity (Wildman–Crippen MR) is 117 cm³/mol. The van der Waals surface area contributed by atoms with Gasteiger partial charge in [0.1, 0.15) is 11.7 Å². The van der Waals surface area contributed by atoms with Gasteiger partial charge in [-0.3, -0.25) is 4.79 Å². The van der Waals surface area contributed by atoms with Gasteiger partial charge < -0.3 is 30.3 Å². The highest BCUT2D eigenvalue weighted by Gasteiger charge is 2.77. The number of aliphatic hydroxyl groups is 5. The molecule has 4 rings (SSSR count). The number of hydrogen-bond donors (Lipinski definition) is 5. The summed E-state index contributed by atoms with van der Waals surface area (Å²) >= 11 is 0. The van der Waals surface area contributed by atoms with Gasteiger partial charge in [0.2, 0.25) is 0 Å². The van der Waals surface area contributed by atoms with Crippen molar-refractivity contribution >= 4 is 5.97 Å². The Morgan fingerprint density at radius 3 is 2.09 bits per heavy atom. The number of ether oxygens (including phenoxy) is 1. The van der Waals surface area contributed by atoms with E-state index in [1.165, 1.54) is 0 Å². The van der Waals surface area contributed by atoms with E-state index in [1.54, 1.807) is 48.5 Å². The van der Waals surface area contributed by atoms with Crippen LogP contribution < -0.4 is 0 Å². The molecule has 5 N–H and O–H groups in total. The van der Waals surface area contributed by atoms with Crippen LogP contribution in [-0.2, 0) is 9.53 Å². The Bertz CT molecular complexity index is 797. The largest absolute Gasteiger partial charge is 0.461 e.